The Kier molecular flexibility index (Phi) is 6.19. The van der Waals surface area contributed by atoms with Gasteiger partial charge in [-0.05, 0) is 0 Å². The normalized spacial score (nSPS) is 27.4. The third kappa shape index (κ3) is 4.64. The van der Waals surface area contributed by atoms with E-state index >= 15 is 0 Å². The molecular formula is C22H22O6Se. The third-order valence-electron chi connectivity index (χ3n) is 5.16. The molecule has 0 N–H and O–H groups in total. The molecule has 6 nitrogen and oxygen atoms in total. The number of rotatable bonds is 5. The summed E-state index contributed by atoms with van der Waals surface area (Å²) in [6, 6.07) is 17.9. The summed E-state index contributed by atoms with van der Waals surface area (Å²) >= 11 is -2.54. The van der Waals surface area contributed by atoms with Crippen molar-refractivity contribution in [2.45, 2.75) is 42.4 Å². The molecular weight excluding hydrogens is 439 g/mol. The Labute approximate surface area is 173 Å². The van der Waals surface area contributed by atoms with E-state index in [4.69, 9.17) is 14.2 Å². The minimum atomic E-state index is -2.54. The maximum absolute atomic E-state index is 12.9. The Balaban J connectivity index is 1.32. The zero-order valence-electron chi connectivity index (χ0n) is 15.8. The number of carbonyl (C=O) groups is 2. The molecule has 0 aromatic heterocycles. The van der Waals surface area contributed by atoms with Crippen molar-refractivity contribution in [3.8, 4) is 0 Å². The zero-order chi connectivity index (χ0) is 20.2. The van der Waals surface area contributed by atoms with Crippen LogP contribution in [-0.2, 0) is 22.8 Å². The van der Waals surface area contributed by atoms with Gasteiger partial charge < -0.3 is 0 Å². The fourth-order valence-electron chi connectivity index (χ4n) is 3.68. The molecule has 152 valence electrons. The van der Waals surface area contributed by atoms with Crippen LogP contribution in [0.2, 0.25) is 4.82 Å². The summed E-state index contributed by atoms with van der Waals surface area (Å²) in [5.41, 5.74) is 0.487. The second kappa shape index (κ2) is 8.99. The van der Waals surface area contributed by atoms with Crippen molar-refractivity contribution in [1.82, 2.24) is 0 Å². The molecule has 2 heterocycles. The Morgan fingerprint density at radius 1 is 1.00 bits per heavy atom. The van der Waals surface area contributed by atoms with Crippen molar-refractivity contribution in [2.24, 2.45) is 0 Å². The quantitative estimate of drug-likeness (QED) is 0.503. The molecule has 2 saturated heterocycles. The molecule has 29 heavy (non-hydrogen) atoms. The van der Waals surface area contributed by atoms with E-state index in [0.717, 1.165) is 0 Å². The number of benzene rings is 2. The first kappa shape index (κ1) is 20.0. The Hall–Kier alpha value is -2.34. The molecule has 0 amide bonds. The molecule has 4 rings (SSSR count). The van der Waals surface area contributed by atoms with Gasteiger partial charge in [0.1, 0.15) is 0 Å². The fraction of sp³-hybridized carbons (Fsp3) is 0.364. The average molecular weight is 461 g/mol. The summed E-state index contributed by atoms with van der Waals surface area (Å²) in [6.07, 6.45) is 0.593. The summed E-state index contributed by atoms with van der Waals surface area (Å²) < 4.78 is 30.5. The average Bonchev–Trinajstić information content (AvgIpc) is 3.07. The number of hydrogen-bond donors (Lipinski definition) is 0. The van der Waals surface area contributed by atoms with Gasteiger partial charge in [-0.15, -0.1) is 0 Å². The molecule has 2 aromatic carbocycles. The van der Waals surface area contributed by atoms with Gasteiger partial charge >= 0.3 is 167 Å². The molecule has 5 atom stereocenters. The van der Waals surface area contributed by atoms with Gasteiger partial charge in [0.05, 0.1) is 0 Å². The van der Waals surface area contributed by atoms with Gasteiger partial charge in [-0.2, -0.15) is 0 Å². The van der Waals surface area contributed by atoms with Gasteiger partial charge in [-0.25, -0.2) is 0 Å². The summed E-state index contributed by atoms with van der Waals surface area (Å²) in [4.78, 5) is 24.1. The SMILES string of the molecule is O=C(OC[C@H]1C[C@H]2OC(=O)C([Se](=O)c3ccccc3)CC[C@H]2O1)c1ccccc1. The van der Waals surface area contributed by atoms with E-state index in [2.05, 4.69) is 0 Å². The number of ether oxygens (including phenoxy) is 3. The standard InChI is InChI=1S/C22H22O6Se/c23-21(15-7-3-1-4-8-15)26-14-16-13-19-18(27-16)11-12-20(22(24)28-19)29(25)17-9-5-2-6-10-17/h1-10,16,18-20H,11-14H2/t16-,18-,19-,20?,29?/m1/s1. The monoisotopic (exact) mass is 462 g/mol. The van der Waals surface area contributed by atoms with Crippen molar-refractivity contribution in [2.75, 3.05) is 6.61 Å². The second-order valence-electron chi connectivity index (χ2n) is 7.15. The number of esters is 2. The molecule has 2 unspecified atom stereocenters. The van der Waals surface area contributed by atoms with Crippen LogP contribution in [0.3, 0.4) is 0 Å². The zero-order valence-corrected chi connectivity index (χ0v) is 17.5. The van der Waals surface area contributed by atoms with Crippen LogP contribution < -0.4 is 4.46 Å². The predicted octanol–water partition coefficient (Wildman–Crippen LogP) is 2.41. The van der Waals surface area contributed by atoms with Gasteiger partial charge in [-0.1, -0.05) is 6.07 Å². The van der Waals surface area contributed by atoms with E-state index in [1.807, 2.05) is 24.3 Å². The van der Waals surface area contributed by atoms with Gasteiger partial charge in [0.15, 0.2) is 0 Å². The number of fused-ring (bicyclic) bond motifs is 1. The first-order chi connectivity index (χ1) is 14.1. The van der Waals surface area contributed by atoms with Crippen LogP contribution >= 0.6 is 0 Å². The van der Waals surface area contributed by atoms with Gasteiger partial charge in [0.2, 0.25) is 0 Å². The van der Waals surface area contributed by atoms with Crippen LogP contribution in [0.25, 0.3) is 0 Å². The molecule has 0 saturated carbocycles. The van der Waals surface area contributed by atoms with Crippen LogP contribution in [0, 0.1) is 0 Å². The van der Waals surface area contributed by atoms with E-state index < -0.39 is 30.6 Å². The van der Waals surface area contributed by atoms with Crippen LogP contribution in [0.4, 0.5) is 0 Å². The molecule has 0 spiro atoms. The van der Waals surface area contributed by atoms with Crippen molar-refractivity contribution in [3.63, 3.8) is 0 Å². The van der Waals surface area contributed by atoms with E-state index in [-0.39, 0.29) is 24.9 Å². The van der Waals surface area contributed by atoms with Crippen LogP contribution in [-0.4, -0.2) is 50.7 Å². The summed E-state index contributed by atoms with van der Waals surface area (Å²) in [5, 5.41) is 0. The van der Waals surface area contributed by atoms with Crippen molar-refractivity contribution in [1.29, 1.82) is 0 Å². The number of carbonyl (C=O) groups excluding carboxylic acids is 2. The number of hydrogen-bond acceptors (Lipinski definition) is 6. The van der Waals surface area contributed by atoms with Crippen molar-refractivity contribution in [3.05, 3.63) is 66.2 Å². The minimum absolute atomic E-state index is 0.115. The van der Waals surface area contributed by atoms with E-state index in [1.165, 1.54) is 0 Å². The molecule has 7 heteroatoms. The molecule has 2 fully saturated rings. The van der Waals surface area contributed by atoms with Gasteiger partial charge in [0.25, 0.3) is 0 Å². The fourth-order valence-corrected chi connectivity index (χ4v) is 6.48. The Morgan fingerprint density at radius 3 is 2.41 bits per heavy atom. The molecule has 0 radical (unpaired) electrons. The van der Waals surface area contributed by atoms with Crippen molar-refractivity contribution < 1.29 is 27.6 Å². The molecule has 0 bridgehead atoms. The summed E-state index contributed by atoms with van der Waals surface area (Å²) in [7, 11) is 0. The summed E-state index contributed by atoms with van der Waals surface area (Å²) in [6.45, 7) is 0.115. The molecule has 0 aliphatic carbocycles. The Bertz CT molecular complexity index is 885. The van der Waals surface area contributed by atoms with E-state index in [0.29, 0.717) is 29.3 Å². The predicted molar refractivity (Wildman–Crippen MR) is 105 cm³/mol. The molecule has 2 aliphatic heterocycles. The Morgan fingerprint density at radius 2 is 1.69 bits per heavy atom. The molecule has 2 aliphatic rings. The topological polar surface area (TPSA) is 78.9 Å². The van der Waals surface area contributed by atoms with Gasteiger partial charge in [0, 0.05) is 0 Å². The van der Waals surface area contributed by atoms with E-state index in [9.17, 15) is 13.4 Å². The first-order valence-corrected chi connectivity index (χ1v) is 12.2. The van der Waals surface area contributed by atoms with E-state index in [1.54, 1.807) is 36.4 Å². The maximum atomic E-state index is 12.9. The van der Waals surface area contributed by atoms with Crippen LogP contribution in [0.15, 0.2) is 60.7 Å². The van der Waals surface area contributed by atoms with Crippen LogP contribution in [0.5, 0.6) is 0 Å². The van der Waals surface area contributed by atoms with Crippen molar-refractivity contribution >= 4 is 30.2 Å². The second-order valence-corrected chi connectivity index (χ2v) is 10.6. The first-order valence-electron chi connectivity index (χ1n) is 9.65. The third-order valence-corrected chi connectivity index (χ3v) is 8.69. The van der Waals surface area contributed by atoms with Crippen LogP contribution in [0.1, 0.15) is 29.6 Å². The summed E-state index contributed by atoms with van der Waals surface area (Å²) in [5.74, 6) is -0.812. The van der Waals surface area contributed by atoms with Gasteiger partial charge in [-0.3, -0.25) is 0 Å². The molecule has 2 aromatic rings.